The predicted molar refractivity (Wildman–Crippen MR) is 216 cm³/mol. The van der Waals surface area contributed by atoms with Gasteiger partial charge in [-0.05, 0) is 86.2 Å². The van der Waals surface area contributed by atoms with Crippen molar-refractivity contribution in [3.8, 4) is 5.75 Å². The number of piperidine rings is 1. The maximum absolute atomic E-state index is 13.7. The number of ether oxygens (including phenoxy) is 1. The number of carbonyl (C=O) groups excluding carboxylic acids is 1. The summed E-state index contributed by atoms with van der Waals surface area (Å²) in [5, 5.41) is 28.0. The number of halogens is 1. The molecule has 0 bridgehead atoms. The zero-order chi connectivity index (χ0) is 37.8. The first-order chi connectivity index (χ1) is 26.0. The molecule has 2 saturated heterocycles. The quantitative estimate of drug-likeness (QED) is 0.124. The first kappa shape index (κ1) is 37.7. The monoisotopic (exact) mass is 752 g/mol. The molecule has 0 unspecified atom stereocenters. The van der Waals surface area contributed by atoms with Crippen LogP contribution in [0, 0.1) is 10.8 Å². The average Bonchev–Trinajstić information content (AvgIpc) is 3.58. The molecular formula is C41H53ClN10O2. The van der Waals surface area contributed by atoms with Crippen LogP contribution >= 0.6 is 11.6 Å². The summed E-state index contributed by atoms with van der Waals surface area (Å²) in [7, 11) is 2.15. The first-order valence-corrected chi connectivity index (χ1v) is 19.6. The van der Waals surface area contributed by atoms with Crippen LogP contribution in [0.5, 0.6) is 5.75 Å². The van der Waals surface area contributed by atoms with Gasteiger partial charge in [-0.1, -0.05) is 56.6 Å². The minimum absolute atomic E-state index is 0.177. The van der Waals surface area contributed by atoms with Gasteiger partial charge in [0.15, 0.2) is 5.65 Å². The van der Waals surface area contributed by atoms with Crippen molar-refractivity contribution < 1.29 is 9.53 Å². The number of aromatic nitrogens is 3. The highest BCUT2D eigenvalue weighted by atomic mass is 35.5. The molecule has 1 aliphatic carbocycles. The third kappa shape index (κ3) is 8.99. The summed E-state index contributed by atoms with van der Waals surface area (Å²) in [6.45, 7) is 12.7. The van der Waals surface area contributed by atoms with Crippen molar-refractivity contribution in [2.75, 3.05) is 56.5 Å². The number of piperazine rings is 1. The lowest BCUT2D eigenvalue weighted by molar-refractivity contribution is 0.148. The molecule has 12 nitrogen and oxygen atoms in total. The van der Waals surface area contributed by atoms with Crippen molar-refractivity contribution in [2.24, 2.45) is 5.41 Å². The predicted octanol–water partition coefficient (Wildman–Crippen LogP) is 7.39. The van der Waals surface area contributed by atoms with Gasteiger partial charge in [0.1, 0.15) is 17.7 Å². The Morgan fingerprint density at radius 1 is 0.963 bits per heavy atom. The van der Waals surface area contributed by atoms with E-state index in [1.807, 2.05) is 73.8 Å². The molecule has 2 atom stereocenters. The lowest BCUT2D eigenvalue weighted by Crippen LogP contribution is -2.43. The van der Waals surface area contributed by atoms with Crippen LogP contribution in [0.2, 0.25) is 5.02 Å². The second kappa shape index (κ2) is 16.4. The number of rotatable bonds is 10. The number of benzene rings is 2. The lowest BCUT2D eigenvalue weighted by Gasteiger charge is -2.32. The van der Waals surface area contributed by atoms with Gasteiger partial charge in [0.2, 0.25) is 5.95 Å². The Kier molecular flexibility index (Phi) is 11.4. The SMILES string of the molecule is CN1CCN(Cc2cc(N/C(=C\C(=N)C(C)(C)C)NC(=O)N[C@H]3CC[C@@H](Oc4ccc5nnc(N6CCCCC6)n5c4)c4ccccc43)ccc2Cl)CC1. The smallest absolute Gasteiger partial charge is 0.320 e. The molecule has 0 radical (unpaired) electrons. The number of pyridine rings is 1. The topological polar surface area (TPSA) is 126 Å². The van der Waals surface area contributed by atoms with Crippen molar-refractivity contribution >= 4 is 40.6 Å². The molecule has 0 spiro atoms. The van der Waals surface area contributed by atoms with E-state index in [4.69, 9.17) is 21.7 Å². The van der Waals surface area contributed by atoms with Crippen LogP contribution in [-0.2, 0) is 6.54 Å². The van der Waals surface area contributed by atoms with Gasteiger partial charge < -0.3 is 30.6 Å². The maximum atomic E-state index is 13.7. The van der Waals surface area contributed by atoms with Crippen LogP contribution in [0.25, 0.3) is 5.65 Å². The van der Waals surface area contributed by atoms with Gasteiger partial charge in [-0.2, -0.15) is 0 Å². The Morgan fingerprint density at radius 2 is 1.72 bits per heavy atom. The summed E-state index contributed by atoms with van der Waals surface area (Å²) >= 11 is 6.66. The molecule has 3 aliphatic rings. The number of nitrogens with one attached hydrogen (secondary N) is 4. The fraction of sp³-hybridized carbons (Fsp3) is 0.463. The molecule has 2 aromatic heterocycles. The molecule has 4 aromatic rings. The summed E-state index contributed by atoms with van der Waals surface area (Å²) in [5.41, 5.74) is 4.64. The number of urea groups is 1. The molecular weight excluding hydrogens is 700 g/mol. The van der Waals surface area contributed by atoms with E-state index < -0.39 is 5.41 Å². The number of amides is 2. The highest BCUT2D eigenvalue weighted by Crippen LogP contribution is 2.39. The summed E-state index contributed by atoms with van der Waals surface area (Å²) < 4.78 is 8.68. The van der Waals surface area contributed by atoms with Gasteiger partial charge in [0, 0.05) is 73.7 Å². The number of hydrogen-bond acceptors (Lipinski definition) is 9. The number of carbonyl (C=O) groups is 1. The summed E-state index contributed by atoms with van der Waals surface area (Å²) in [6.07, 6.45) is 8.49. The highest BCUT2D eigenvalue weighted by Gasteiger charge is 2.30. The zero-order valence-electron chi connectivity index (χ0n) is 31.9. The van der Waals surface area contributed by atoms with E-state index >= 15 is 0 Å². The number of allylic oxidation sites excluding steroid dienone is 1. The molecule has 7 rings (SSSR count). The second-order valence-corrected chi connectivity index (χ2v) is 16.2. The molecule has 4 N–H and O–H groups in total. The highest BCUT2D eigenvalue weighted by molar-refractivity contribution is 6.31. The molecule has 2 aromatic carbocycles. The van der Waals surface area contributed by atoms with E-state index in [1.54, 1.807) is 6.08 Å². The number of likely N-dealkylation sites (N-methyl/N-ethyl adjacent to an activating group) is 1. The molecule has 54 heavy (non-hydrogen) atoms. The fourth-order valence-electron chi connectivity index (χ4n) is 7.38. The van der Waals surface area contributed by atoms with Gasteiger partial charge >= 0.3 is 6.03 Å². The van der Waals surface area contributed by atoms with E-state index in [-0.39, 0.29) is 18.2 Å². The summed E-state index contributed by atoms with van der Waals surface area (Å²) in [6, 6.07) is 17.3. The van der Waals surface area contributed by atoms with E-state index in [0.717, 1.165) is 105 Å². The van der Waals surface area contributed by atoms with E-state index in [0.29, 0.717) is 23.0 Å². The van der Waals surface area contributed by atoms with Crippen LogP contribution in [0.3, 0.4) is 0 Å². The van der Waals surface area contributed by atoms with Crippen molar-refractivity contribution in [1.29, 1.82) is 5.41 Å². The van der Waals surface area contributed by atoms with Crippen LogP contribution in [-0.4, -0.2) is 82.5 Å². The van der Waals surface area contributed by atoms with E-state index in [9.17, 15) is 4.79 Å². The molecule has 13 heteroatoms. The summed E-state index contributed by atoms with van der Waals surface area (Å²) in [4.78, 5) is 20.8. The van der Waals surface area contributed by atoms with Crippen LogP contribution < -0.4 is 25.6 Å². The number of nitrogens with zero attached hydrogens (tertiary/aromatic N) is 6. The van der Waals surface area contributed by atoms with Crippen molar-refractivity contribution in [2.45, 2.75) is 71.6 Å². The third-order valence-corrected chi connectivity index (χ3v) is 11.0. The van der Waals surface area contributed by atoms with Crippen LogP contribution in [0.15, 0.2) is 72.7 Å². The van der Waals surface area contributed by atoms with Crippen LogP contribution in [0.4, 0.5) is 16.4 Å². The Balaban J connectivity index is 1.04. The molecule has 2 aliphatic heterocycles. The zero-order valence-corrected chi connectivity index (χ0v) is 32.6. The summed E-state index contributed by atoms with van der Waals surface area (Å²) in [5.74, 6) is 2.02. The third-order valence-electron chi connectivity index (χ3n) is 10.7. The van der Waals surface area contributed by atoms with E-state index in [1.165, 1.54) is 6.42 Å². The molecule has 0 saturated carbocycles. The number of anilines is 2. The Hall–Kier alpha value is -4.65. The number of fused-ring (bicyclic) bond motifs is 2. The normalized spacial score (nSPS) is 20.0. The standard InChI is InChI=1S/C41H53ClN10O2/c1-41(2,3)36(43)25-37(44-29-12-14-33(42)28(24-29)26-50-22-20-49(4)21-23-50)46-39(53)45-34-15-16-35(32-11-7-6-10-31(32)34)54-30-13-17-38-47-48-40(52(38)27-30)51-18-8-5-9-19-51/h6-7,10-14,17,24-25,27,34-35,43-44H,5,8-9,15-16,18-23,26H2,1-4H3,(H2,45,46,53)/b37-25+,43-36?/t34-,35+/m0/s1. The van der Waals surface area contributed by atoms with Gasteiger partial charge in [-0.3, -0.25) is 14.6 Å². The Bertz CT molecular complexity index is 1990. The van der Waals surface area contributed by atoms with Gasteiger partial charge in [0.05, 0.1) is 12.2 Å². The molecule has 2 fully saturated rings. The Morgan fingerprint density at radius 3 is 2.48 bits per heavy atom. The van der Waals surface area contributed by atoms with E-state index in [2.05, 4.69) is 60.0 Å². The average molecular weight is 753 g/mol. The van der Waals surface area contributed by atoms with Crippen molar-refractivity contribution in [3.05, 3.63) is 94.4 Å². The minimum atomic E-state index is -0.414. The fourth-order valence-corrected chi connectivity index (χ4v) is 7.56. The molecule has 4 heterocycles. The first-order valence-electron chi connectivity index (χ1n) is 19.2. The molecule has 2 amide bonds. The minimum Gasteiger partial charge on any atom is -0.484 e. The number of hydrogen-bond donors (Lipinski definition) is 4. The van der Waals surface area contributed by atoms with Gasteiger partial charge in [-0.15, -0.1) is 10.2 Å². The van der Waals surface area contributed by atoms with Gasteiger partial charge in [0.25, 0.3) is 0 Å². The lowest BCUT2D eigenvalue weighted by atomic mass is 9.85. The largest absolute Gasteiger partial charge is 0.484 e. The van der Waals surface area contributed by atoms with Crippen molar-refractivity contribution in [3.63, 3.8) is 0 Å². The maximum Gasteiger partial charge on any atom is 0.320 e. The van der Waals surface area contributed by atoms with Gasteiger partial charge in [-0.25, -0.2) is 4.79 Å². The Labute approximate surface area is 323 Å². The second-order valence-electron chi connectivity index (χ2n) is 15.8. The van der Waals surface area contributed by atoms with Crippen molar-refractivity contribution in [1.82, 2.24) is 35.0 Å². The molecule has 286 valence electrons. The van der Waals surface area contributed by atoms with Crippen LogP contribution in [0.1, 0.15) is 81.7 Å².